The number of allylic oxidation sites excluding steroid dienone is 8. The van der Waals surface area contributed by atoms with Gasteiger partial charge in [-0.15, -0.1) is 0 Å². The summed E-state index contributed by atoms with van der Waals surface area (Å²) in [5, 5.41) is 0. The summed E-state index contributed by atoms with van der Waals surface area (Å²) in [6.45, 7) is 10.9. The Bertz CT molecular complexity index is 296. The van der Waals surface area contributed by atoms with Crippen LogP contribution in [-0.4, -0.2) is 0 Å². The largest absolute Gasteiger partial charge is 0.0845 e. The molecular formula is C17H28. The highest BCUT2D eigenvalue weighted by molar-refractivity contribution is 5.14. The third kappa shape index (κ3) is 11.2. The normalized spacial score (nSPS) is 14.5. The monoisotopic (exact) mass is 232 g/mol. The zero-order valence-corrected chi connectivity index (χ0v) is 12.2. The van der Waals surface area contributed by atoms with Crippen LogP contribution in [0, 0.1) is 5.92 Å². The maximum absolute atomic E-state index is 2.40. The van der Waals surface area contributed by atoms with Crippen LogP contribution in [-0.2, 0) is 0 Å². The number of rotatable bonds is 7. The molecule has 0 heterocycles. The molecule has 0 bridgehead atoms. The molecule has 17 heavy (non-hydrogen) atoms. The van der Waals surface area contributed by atoms with Crippen LogP contribution in [0.4, 0.5) is 0 Å². The Morgan fingerprint density at radius 2 is 1.76 bits per heavy atom. The van der Waals surface area contributed by atoms with Gasteiger partial charge in [0.05, 0.1) is 0 Å². The second-order valence-corrected chi connectivity index (χ2v) is 4.98. The lowest BCUT2D eigenvalue weighted by Crippen LogP contribution is -1.89. The van der Waals surface area contributed by atoms with Crippen molar-refractivity contribution in [2.45, 2.75) is 53.9 Å². The third-order valence-electron chi connectivity index (χ3n) is 2.70. The quantitative estimate of drug-likeness (QED) is 0.382. The minimum absolute atomic E-state index is 0.696. The van der Waals surface area contributed by atoms with Crippen molar-refractivity contribution in [1.29, 1.82) is 0 Å². The summed E-state index contributed by atoms with van der Waals surface area (Å²) in [7, 11) is 0. The zero-order chi connectivity index (χ0) is 13.1. The van der Waals surface area contributed by atoms with Gasteiger partial charge in [0, 0.05) is 0 Å². The van der Waals surface area contributed by atoms with Gasteiger partial charge in [0.2, 0.25) is 0 Å². The van der Waals surface area contributed by atoms with E-state index in [0.29, 0.717) is 5.92 Å². The molecule has 0 aromatic carbocycles. The summed E-state index contributed by atoms with van der Waals surface area (Å²) in [6.07, 6.45) is 16.7. The summed E-state index contributed by atoms with van der Waals surface area (Å²) >= 11 is 0. The van der Waals surface area contributed by atoms with Crippen molar-refractivity contribution in [1.82, 2.24) is 0 Å². The molecule has 0 radical (unpaired) electrons. The molecule has 0 amide bonds. The molecule has 0 heteroatoms. The molecule has 0 spiro atoms. The van der Waals surface area contributed by atoms with E-state index in [1.807, 2.05) is 0 Å². The Balaban J connectivity index is 3.80. The SMILES string of the molecule is CC/C(C)=C/C(C)CC/C=C/C=C\C=C(C)C. The highest BCUT2D eigenvalue weighted by atomic mass is 14.0. The van der Waals surface area contributed by atoms with Gasteiger partial charge >= 0.3 is 0 Å². The number of hydrogen-bond donors (Lipinski definition) is 0. The van der Waals surface area contributed by atoms with Crippen LogP contribution in [0.3, 0.4) is 0 Å². The smallest absolute Gasteiger partial charge is 0.0256 e. The van der Waals surface area contributed by atoms with Gasteiger partial charge in [0.25, 0.3) is 0 Å². The predicted molar refractivity (Wildman–Crippen MR) is 80.2 cm³/mol. The Kier molecular flexibility index (Phi) is 9.52. The average molecular weight is 232 g/mol. The Hall–Kier alpha value is -1.04. The molecule has 1 atom stereocenters. The van der Waals surface area contributed by atoms with Gasteiger partial charge in [-0.05, 0) is 46.0 Å². The first kappa shape index (κ1) is 16.0. The third-order valence-corrected chi connectivity index (χ3v) is 2.70. The zero-order valence-electron chi connectivity index (χ0n) is 12.2. The average Bonchev–Trinajstić information content (AvgIpc) is 2.27. The molecule has 0 aliphatic rings. The topological polar surface area (TPSA) is 0 Å². The van der Waals surface area contributed by atoms with Crippen LogP contribution in [0.2, 0.25) is 0 Å². The molecule has 0 aliphatic heterocycles. The summed E-state index contributed by atoms with van der Waals surface area (Å²) in [6, 6.07) is 0. The van der Waals surface area contributed by atoms with E-state index in [9.17, 15) is 0 Å². The van der Waals surface area contributed by atoms with Gasteiger partial charge in [-0.3, -0.25) is 0 Å². The standard InChI is InChI=1S/C17H28/c1-6-16(4)14-17(5)13-11-9-7-8-10-12-15(2)3/h7-10,12,14,17H,6,11,13H2,1-5H3/b9-7+,10-8-,16-14+. The molecule has 0 N–H and O–H groups in total. The lowest BCUT2D eigenvalue weighted by molar-refractivity contribution is 0.651. The Labute approximate surface area is 108 Å². The van der Waals surface area contributed by atoms with E-state index in [0.717, 1.165) is 6.42 Å². The molecule has 0 fully saturated rings. The van der Waals surface area contributed by atoms with Crippen LogP contribution in [0.1, 0.15) is 53.9 Å². The second kappa shape index (κ2) is 10.1. The molecule has 0 aromatic rings. The summed E-state index contributed by atoms with van der Waals surface area (Å²) in [4.78, 5) is 0. The first-order valence-electron chi connectivity index (χ1n) is 6.70. The molecule has 0 rings (SSSR count). The van der Waals surface area contributed by atoms with Crippen LogP contribution >= 0.6 is 0 Å². The Morgan fingerprint density at radius 1 is 1.06 bits per heavy atom. The van der Waals surface area contributed by atoms with E-state index in [2.05, 4.69) is 71.1 Å². The number of hydrogen-bond acceptors (Lipinski definition) is 0. The van der Waals surface area contributed by atoms with E-state index in [4.69, 9.17) is 0 Å². The van der Waals surface area contributed by atoms with Gasteiger partial charge in [0.1, 0.15) is 0 Å². The first-order valence-corrected chi connectivity index (χ1v) is 6.70. The minimum atomic E-state index is 0.696. The van der Waals surface area contributed by atoms with E-state index in [-0.39, 0.29) is 0 Å². The van der Waals surface area contributed by atoms with Gasteiger partial charge in [-0.2, -0.15) is 0 Å². The van der Waals surface area contributed by atoms with Gasteiger partial charge in [-0.25, -0.2) is 0 Å². The van der Waals surface area contributed by atoms with E-state index < -0.39 is 0 Å². The predicted octanol–water partition coefficient (Wildman–Crippen LogP) is 5.84. The molecular weight excluding hydrogens is 204 g/mol. The van der Waals surface area contributed by atoms with Crippen LogP contribution in [0.5, 0.6) is 0 Å². The van der Waals surface area contributed by atoms with Crippen molar-refractivity contribution >= 4 is 0 Å². The summed E-state index contributed by atoms with van der Waals surface area (Å²) < 4.78 is 0. The van der Waals surface area contributed by atoms with Crippen LogP contribution < -0.4 is 0 Å². The maximum atomic E-state index is 2.40. The highest BCUT2D eigenvalue weighted by Crippen LogP contribution is 2.12. The second-order valence-electron chi connectivity index (χ2n) is 4.98. The van der Waals surface area contributed by atoms with E-state index in [1.54, 1.807) is 0 Å². The van der Waals surface area contributed by atoms with E-state index in [1.165, 1.54) is 24.0 Å². The highest BCUT2D eigenvalue weighted by Gasteiger charge is 1.96. The summed E-state index contributed by atoms with van der Waals surface area (Å²) in [5.74, 6) is 0.696. The van der Waals surface area contributed by atoms with Crippen molar-refractivity contribution in [3.8, 4) is 0 Å². The molecule has 0 aliphatic carbocycles. The lowest BCUT2D eigenvalue weighted by Gasteiger charge is -2.05. The van der Waals surface area contributed by atoms with Crippen LogP contribution in [0.25, 0.3) is 0 Å². The molecule has 0 saturated carbocycles. The van der Waals surface area contributed by atoms with Crippen molar-refractivity contribution in [2.75, 3.05) is 0 Å². The van der Waals surface area contributed by atoms with Gasteiger partial charge < -0.3 is 0 Å². The lowest BCUT2D eigenvalue weighted by atomic mass is 10.0. The van der Waals surface area contributed by atoms with Crippen molar-refractivity contribution in [3.05, 3.63) is 47.6 Å². The summed E-state index contributed by atoms with van der Waals surface area (Å²) in [5.41, 5.74) is 2.84. The minimum Gasteiger partial charge on any atom is -0.0845 e. The van der Waals surface area contributed by atoms with Crippen molar-refractivity contribution in [2.24, 2.45) is 5.92 Å². The van der Waals surface area contributed by atoms with E-state index >= 15 is 0 Å². The molecule has 0 saturated heterocycles. The van der Waals surface area contributed by atoms with Crippen molar-refractivity contribution in [3.63, 3.8) is 0 Å². The Morgan fingerprint density at radius 3 is 2.35 bits per heavy atom. The fourth-order valence-electron chi connectivity index (χ4n) is 1.53. The molecule has 0 nitrogen and oxygen atoms in total. The first-order chi connectivity index (χ1) is 8.06. The van der Waals surface area contributed by atoms with Gasteiger partial charge in [0.15, 0.2) is 0 Å². The fraction of sp³-hybridized carbons (Fsp3) is 0.529. The molecule has 96 valence electrons. The maximum Gasteiger partial charge on any atom is -0.0256 e. The van der Waals surface area contributed by atoms with Gasteiger partial charge in [-0.1, -0.05) is 61.4 Å². The molecule has 1 unspecified atom stereocenters. The fourth-order valence-corrected chi connectivity index (χ4v) is 1.53. The molecule has 0 aromatic heterocycles. The van der Waals surface area contributed by atoms with Crippen molar-refractivity contribution < 1.29 is 0 Å². The van der Waals surface area contributed by atoms with Crippen LogP contribution in [0.15, 0.2) is 47.6 Å².